The number of amides is 1. The number of benzene rings is 2. The summed E-state index contributed by atoms with van der Waals surface area (Å²) in [5.41, 5.74) is 2.37. The van der Waals surface area contributed by atoms with Crippen LogP contribution in [-0.2, 0) is 4.79 Å². The minimum atomic E-state index is -0.450. The van der Waals surface area contributed by atoms with Gasteiger partial charge in [0.2, 0.25) is 11.7 Å². The van der Waals surface area contributed by atoms with E-state index in [0.29, 0.717) is 17.2 Å². The number of hydrogen-bond donors (Lipinski definition) is 2. The first-order valence-electron chi connectivity index (χ1n) is 8.20. The van der Waals surface area contributed by atoms with Crippen LogP contribution in [-0.4, -0.2) is 20.3 Å². The molecule has 128 valence electrons. The van der Waals surface area contributed by atoms with Gasteiger partial charge in [-0.1, -0.05) is 24.3 Å². The predicted molar refractivity (Wildman–Crippen MR) is 94.8 cm³/mol. The van der Waals surface area contributed by atoms with E-state index in [1.807, 2.05) is 24.3 Å². The number of imidazole rings is 1. The average Bonchev–Trinajstić information content (AvgIpc) is 2.99. The van der Waals surface area contributed by atoms with E-state index in [9.17, 15) is 14.0 Å². The molecule has 0 unspecified atom stereocenters. The molecule has 0 aliphatic carbocycles. The highest BCUT2D eigenvalue weighted by Gasteiger charge is 2.32. The molecular formula is C19H13FN4O2. The molecular weight excluding hydrogens is 335 g/mol. The van der Waals surface area contributed by atoms with Crippen LogP contribution >= 0.6 is 0 Å². The Bertz CT molecular complexity index is 1240. The lowest BCUT2D eigenvalue weighted by molar-refractivity contribution is -0.116. The molecule has 1 atom stereocenters. The van der Waals surface area contributed by atoms with Crippen molar-refractivity contribution in [1.29, 1.82) is 0 Å². The molecule has 0 bridgehead atoms. The Kier molecular flexibility index (Phi) is 3.00. The molecule has 26 heavy (non-hydrogen) atoms. The van der Waals surface area contributed by atoms with Crippen LogP contribution in [0.2, 0.25) is 0 Å². The summed E-state index contributed by atoms with van der Waals surface area (Å²) in [6.07, 6.45) is 0.125. The summed E-state index contributed by atoms with van der Waals surface area (Å²) in [5.74, 6) is -0.220. The van der Waals surface area contributed by atoms with Crippen molar-refractivity contribution in [1.82, 2.24) is 14.4 Å². The molecule has 2 aromatic carbocycles. The van der Waals surface area contributed by atoms with Crippen LogP contribution in [0.1, 0.15) is 23.5 Å². The van der Waals surface area contributed by atoms with E-state index >= 15 is 0 Å². The summed E-state index contributed by atoms with van der Waals surface area (Å²) in [6.45, 7) is 0. The van der Waals surface area contributed by atoms with Crippen LogP contribution in [0.15, 0.2) is 53.3 Å². The summed E-state index contributed by atoms with van der Waals surface area (Å²) >= 11 is 0. The molecule has 7 heteroatoms. The third-order valence-corrected chi connectivity index (χ3v) is 4.78. The second-order valence-corrected chi connectivity index (χ2v) is 6.33. The molecule has 1 aliphatic heterocycles. The highest BCUT2D eigenvalue weighted by molar-refractivity contribution is 5.96. The van der Waals surface area contributed by atoms with Crippen LogP contribution in [0.3, 0.4) is 0 Å². The van der Waals surface area contributed by atoms with Gasteiger partial charge in [0.15, 0.2) is 0 Å². The second kappa shape index (κ2) is 5.26. The number of aromatic amines is 1. The number of hydrogen-bond acceptors (Lipinski definition) is 3. The lowest BCUT2D eigenvalue weighted by Gasteiger charge is -2.25. The third-order valence-electron chi connectivity index (χ3n) is 4.78. The van der Waals surface area contributed by atoms with Gasteiger partial charge in [0.25, 0.3) is 5.56 Å². The number of nitrogens with zero attached hydrogens (tertiary/aromatic N) is 2. The number of rotatable bonds is 1. The Balaban J connectivity index is 1.85. The quantitative estimate of drug-likeness (QED) is 0.555. The first-order valence-corrected chi connectivity index (χ1v) is 8.20. The molecule has 2 aromatic heterocycles. The first kappa shape index (κ1) is 14.8. The summed E-state index contributed by atoms with van der Waals surface area (Å²) in [7, 11) is 0. The van der Waals surface area contributed by atoms with Crippen molar-refractivity contribution in [3.63, 3.8) is 0 Å². The zero-order chi connectivity index (χ0) is 17.8. The van der Waals surface area contributed by atoms with E-state index in [-0.39, 0.29) is 23.7 Å². The Morgan fingerprint density at radius 1 is 1.08 bits per heavy atom. The van der Waals surface area contributed by atoms with Crippen LogP contribution in [0, 0.1) is 5.82 Å². The number of anilines is 1. The number of H-pyrrole nitrogens is 1. The topological polar surface area (TPSA) is 79.3 Å². The van der Waals surface area contributed by atoms with Gasteiger partial charge in [-0.3, -0.25) is 19.0 Å². The van der Waals surface area contributed by atoms with E-state index in [0.717, 1.165) is 16.6 Å². The number of carbonyl (C=O) groups excluding carboxylic acids is 1. The zero-order valence-electron chi connectivity index (χ0n) is 13.5. The number of para-hydroxylation sites is 2. The van der Waals surface area contributed by atoms with Gasteiger partial charge in [-0.25, -0.2) is 9.37 Å². The van der Waals surface area contributed by atoms with Crippen molar-refractivity contribution in [3.8, 4) is 0 Å². The fraction of sp³-hybridized carbons (Fsp3) is 0.105. The van der Waals surface area contributed by atoms with E-state index < -0.39 is 5.92 Å². The normalized spacial score (nSPS) is 16.7. The molecule has 0 spiro atoms. The molecule has 0 saturated carbocycles. The number of fused-ring (bicyclic) bond motifs is 5. The molecule has 3 heterocycles. The lowest BCUT2D eigenvalue weighted by Crippen LogP contribution is -2.32. The standard InChI is InChI=1S/C19H13FN4O2/c20-11-7-5-10(6-8-11)12-9-15(25)22-17-16(12)18(26)23-19-21-13-3-1-2-4-14(13)24(17)19/h1-8,12H,9H2,(H,22,25)(H,21,23,26)/t12-/m1/s1. The second-order valence-electron chi connectivity index (χ2n) is 6.33. The van der Waals surface area contributed by atoms with Crippen molar-refractivity contribution in [2.45, 2.75) is 12.3 Å². The fourth-order valence-corrected chi connectivity index (χ4v) is 3.63. The van der Waals surface area contributed by atoms with E-state index in [1.165, 1.54) is 12.1 Å². The summed E-state index contributed by atoms with van der Waals surface area (Å²) in [6, 6.07) is 13.3. The van der Waals surface area contributed by atoms with Crippen molar-refractivity contribution in [2.24, 2.45) is 0 Å². The number of carbonyl (C=O) groups is 1. The molecule has 2 N–H and O–H groups in total. The van der Waals surface area contributed by atoms with Gasteiger partial charge in [0.05, 0.1) is 16.6 Å². The molecule has 4 aromatic rings. The molecule has 0 fully saturated rings. The lowest BCUT2D eigenvalue weighted by atomic mass is 9.87. The van der Waals surface area contributed by atoms with Crippen LogP contribution < -0.4 is 10.9 Å². The summed E-state index contributed by atoms with van der Waals surface area (Å²) in [5, 5.41) is 2.82. The van der Waals surface area contributed by atoms with Gasteiger partial charge in [-0.2, -0.15) is 0 Å². The van der Waals surface area contributed by atoms with Crippen molar-refractivity contribution >= 4 is 28.5 Å². The molecule has 0 saturated heterocycles. The Morgan fingerprint density at radius 2 is 1.85 bits per heavy atom. The van der Waals surface area contributed by atoms with Crippen LogP contribution in [0.5, 0.6) is 0 Å². The maximum atomic E-state index is 13.3. The predicted octanol–water partition coefficient (Wildman–Crippen LogP) is 2.79. The maximum absolute atomic E-state index is 13.3. The first-order chi connectivity index (χ1) is 12.6. The van der Waals surface area contributed by atoms with Gasteiger partial charge in [0.1, 0.15) is 11.6 Å². The zero-order valence-corrected chi connectivity index (χ0v) is 13.5. The number of aromatic nitrogens is 3. The van der Waals surface area contributed by atoms with E-state index in [2.05, 4.69) is 15.3 Å². The maximum Gasteiger partial charge on any atom is 0.258 e. The summed E-state index contributed by atoms with van der Waals surface area (Å²) < 4.78 is 15.0. The van der Waals surface area contributed by atoms with Gasteiger partial charge in [0, 0.05) is 12.3 Å². The van der Waals surface area contributed by atoms with Crippen molar-refractivity contribution in [3.05, 3.63) is 75.8 Å². The Hall–Kier alpha value is -3.48. The fourth-order valence-electron chi connectivity index (χ4n) is 3.63. The molecule has 1 amide bonds. The van der Waals surface area contributed by atoms with Gasteiger partial charge in [-0.05, 0) is 29.8 Å². The highest BCUT2D eigenvalue weighted by Crippen LogP contribution is 2.36. The largest absolute Gasteiger partial charge is 0.311 e. The molecule has 5 rings (SSSR count). The molecule has 6 nitrogen and oxygen atoms in total. The Labute approximate surface area is 146 Å². The van der Waals surface area contributed by atoms with Crippen LogP contribution in [0.25, 0.3) is 16.8 Å². The van der Waals surface area contributed by atoms with Gasteiger partial charge < -0.3 is 5.32 Å². The monoisotopic (exact) mass is 348 g/mol. The average molecular weight is 348 g/mol. The van der Waals surface area contributed by atoms with Gasteiger partial charge >= 0.3 is 0 Å². The third kappa shape index (κ3) is 2.07. The minimum absolute atomic E-state index is 0.125. The summed E-state index contributed by atoms with van der Waals surface area (Å²) in [4.78, 5) is 32.4. The highest BCUT2D eigenvalue weighted by atomic mass is 19.1. The smallest absolute Gasteiger partial charge is 0.258 e. The van der Waals surface area contributed by atoms with E-state index in [1.54, 1.807) is 16.5 Å². The minimum Gasteiger partial charge on any atom is -0.311 e. The molecule has 0 radical (unpaired) electrons. The van der Waals surface area contributed by atoms with Crippen LogP contribution in [0.4, 0.5) is 10.2 Å². The van der Waals surface area contributed by atoms with Crippen molar-refractivity contribution in [2.75, 3.05) is 5.32 Å². The van der Waals surface area contributed by atoms with Crippen molar-refractivity contribution < 1.29 is 9.18 Å². The number of nitrogens with one attached hydrogen (secondary N) is 2. The van der Waals surface area contributed by atoms with E-state index in [4.69, 9.17) is 0 Å². The number of halogens is 1. The Morgan fingerprint density at radius 3 is 2.65 bits per heavy atom. The SMILES string of the molecule is O=C1C[C@H](c2ccc(F)cc2)c2c(n3c(nc4ccccc43)[nH]c2=O)N1. The molecule has 1 aliphatic rings. The van der Waals surface area contributed by atoms with Gasteiger partial charge in [-0.15, -0.1) is 0 Å².